The molecule has 4 aromatic rings. The summed E-state index contributed by atoms with van der Waals surface area (Å²) in [5.41, 5.74) is 4.26. The minimum Gasteiger partial charge on any atom is -0.493 e. The zero-order valence-electron chi connectivity index (χ0n) is 17.1. The molecule has 2 N–H and O–H groups in total. The Hall–Kier alpha value is -3.73. The summed E-state index contributed by atoms with van der Waals surface area (Å²) >= 11 is 0. The molecule has 1 heterocycles. The lowest BCUT2D eigenvalue weighted by atomic mass is 10.1. The molecule has 4 rings (SSSR count). The lowest BCUT2D eigenvalue weighted by Gasteiger charge is -2.10. The fourth-order valence-corrected chi connectivity index (χ4v) is 3.39. The van der Waals surface area contributed by atoms with E-state index in [4.69, 9.17) is 9.47 Å². The highest BCUT2D eigenvalue weighted by atomic mass is 16.5. The van der Waals surface area contributed by atoms with Gasteiger partial charge in [0.15, 0.2) is 11.5 Å². The number of hydrogen-bond acceptors (Lipinski definition) is 3. The Balaban J connectivity index is 1.34. The van der Waals surface area contributed by atoms with Crippen LogP contribution in [0, 0.1) is 6.92 Å². The number of carbonyl (C=O) groups is 1. The average molecular weight is 400 g/mol. The van der Waals surface area contributed by atoms with E-state index in [0.717, 1.165) is 22.0 Å². The predicted octanol–water partition coefficient (Wildman–Crippen LogP) is 5.14. The van der Waals surface area contributed by atoms with Crippen molar-refractivity contribution >= 4 is 16.8 Å². The average Bonchev–Trinajstić information content (AvgIpc) is 3.15. The Kier molecular flexibility index (Phi) is 5.70. The van der Waals surface area contributed by atoms with E-state index in [9.17, 15) is 4.79 Å². The standard InChI is InChI=1S/C25H24N2O3/c1-17-7-12-21-19(16-26-22(21)13-17)14-25(28)27-15-18-8-10-20(11-9-18)30-24-6-4-3-5-23(24)29-2/h3-13,16,26H,14-15H2,1-2H3,(H,27,28). The van der Waals surface area contributed by atoms with E-state index < -0.39 is 0 Å². The largest absolute Gasteiger partial charge is 0.493 e. The molecule has 0 bridgehead atoms. The van der Waals surface area contributed by atoms with Gasteiger partial charge in [-0.1, -0.05) is 36.4 Å². The van der Waals surface area contributed by atoms with Crippen molar-refractivity contribution in [3.63, 3.8) is 0 Å². The number of ether oxygens (including phenoxy) is 2. The van der Waals surface area contributed by atoms with Crippen LogP contribution in [-0.4, -0.2) is 18.0 Å². The molecule has 3 aromatic carbocycles. The van der Waals surface area contributed by atoms with E-state index in [1.54, 1.807) is 7.11 Å². The van der Waals surface area contributed by atoms with Gasteiger partial charge < -0.3 is 19.8 Å². The van der Waals surface area contributed by atoms with Gasteiger partial charge in [-0.3, -0.25) is 4.79 Å². The maximum absolute atomic E-state index is 12.4. The molecule has 0 saturated heterocycles. The first-order valence-corrected chi connectivity index (χ1v) is 9.85. The first-order valence-electron chi connectivity index (χ1n) is 9.85. The van der Waals surface area contributed by atoms with Crippen LogP contribution in [0.15, 0.2) is 72.9 Å². The Morgan fingerprint density at radius 3 is 2.53 bits per heavy atom. The highest BCUT2D eigenvalue weighted by Crippen LogP contribution is 2.30. The van der Waals surface area contributed by atoms with Crippen LogP contribution >= 0.6 is 0 Å². The fraction of sp³-hybridized carbons (Fsp3) is 0.160. The van der Waals surface area contributed by atoms with Crippen molar-refractivity contribution in [1.82, 2.24) is 10.3 Å². The molecule has 1 aromatic heterocycles. The van der Waals surface area contributed by atoms with Crippen LogP contribution < -0.4 is 14.8 Å². The van der Waals surface area contributed by atoms with Gasteiger partial charge in [-0.15, -0.1) is 0 Å². The second-order valence-electron chi connectivity index (χ2n) is 7.21. The number of aryl methyl sites for hydroxylation is 1. The molecule has 152 valence electrons. The number of aromatic amines is 1. The summed E-state index contributed by atoms with van der Waals surface area (Å²) in [6, 6.07) is 21.4. The molecule has 5 heteroatoms. The molecule has 0 radical (unpaired) electrons. The molecule has 0 aliphatic carbocycles. The number of nitrogens with one attached hydrogen (secondary N) is 2. The molecule has 0 aliphatic rings. The third-order valence-electron chi connectivity index (χ3n) is 4.98. The summed E-state index contributed by atoms with van der Waals surface area (Å²) in [6.45, 7) is 2.52. The predicted molar refractivity (Wildman–Crippen MR) is 118 cm³/mol. The number of methoxy groups -OCH3 is 1. The summed E-state index contributed by atoms with van der Waals surface area (Å²) in [6.07, 6.45) is 2.26. The van der Waals surface area contributed by atoms with Gasteiger partial charge in [-0.25, -0.2) is 0 Å². The fourth-order valence-electron chi connectivity index (χ4n) is 3.39. The van der Waals surface area contributed by atoms with E-state index >= 15 is 0 Å². The minimum atomic E-state index is -0.00850. The molecular formula is C25H24N2O3. The van der Waals surface area contributed by atoms with Crippen molar-refractivity contribution in [2.45, 2.75) is 19.9 Å². The number of benzene rings is 3. The van der Waals surface area contributed by atoms with Gasteiger partial charge >= 0.3 is 0 Å². The van der Waals surface area contributed by atoms with Gasteiger partial charge in [0, 0.05) is 23.6 Å². The summed E-state index contributed by atoms with van der Waals surface area (Å²) < 4.78 is 11.2. The molecule has 0 fully saturated rings. The Morgan fingerprint density at radius 1 is 1.00 bits per heavy atom. The highest BCUT2D eigenvalue weighted by molar-refractivity contribution is 5.89. The zero-order valence-corrected chi connectivity index (χ0v) is 17.1. The zero-order chi connectivity index (χ0) is 20.9. The van der Waals surface area contributed by atoms with Crippen molar-refractivity contribution in [3.05, 3.63) is 89.6 Å². The van der Waals surface area contributed by atoms with Crippen LogP contribution in [0.1, 0.15) is 16.7 Å². The Bertz CT molecular complexity index is 1160. The van der Waals surface area contributed by atoms with E-state index in [1.807, 2.05) is 54.7 Å². The van der Waals surface area contributed by atoms with Crippen molar-refractivity contribution in [2.24, 2.45) is 0 Å². The number of rotatable bonds is 7. The quantitative estimate of drug-likeness (QED) is 0.452. The lowest BCUT2D eigenvalue weighted by Crippen LogP contribution is -2.24. The van der Waals surface area contributed by atoms with Crippen molar-refractivity contribution in [2.75, 3.05) is 7.11 Å². The Morgan fingerprint density at radius 2 is 1.77 bits per heavy atom. The van der Waals surface area contributed by atoms with Gasteiger partial charge in [0.05, 0.1) is 13.5 Å². The van der Waals surface area contributed by atoms with Crippen LogP contribution in [0.5, 0.6) is 17.2 Å². The summed E-state index contributed by atoms with van der Waals surface area (Å²) in [5.74, 6) is 2.05. The smallest absolute Gasteiger partial charge is 0.224 e. The molecule has 0 atom stereocenters. The summed E-state index contributed by atoms with van der Waals surface area (Å²) in [5, 5.41) is 4.08. The SMILES string of the molecule is COc1ccccc1Oc1ccc(CNC(=O)Cc2c[nH]c3cc(C)ccc23)cc1. The van der Waals surface area contributed by atoms with Crippen LogP contribution in [0.3, 0.4) is 0 Å². The molecule has 0 saturated carbocycles. The normalized spacial score (nSPS) is 10.7. The van der Waals surface area contributed by atoms with Gasteiger partial charge in [-0.2, -0.15) is 0 Å². The van der Waals surface area contributed by atoms with Gasteiger partial charge in [0.1, 0.15) is 5.75 Å². The van der Waals surface area contributed by atoms with Gasteiger partial charge in [0.2, 0.25) is 5.91 Å². The first kappa shape index (κ1) is 19.6. The third-order valence-corrected chi connectivity index (χ3v) is 4.98. The van der Waals surface area contributed by atoms with E-state index in [1.165, 1.54) is 5.56 Å². The second kappa shape index (κ2) is 8.74. The summed E-state index contributed by atoms with van der Waals surface area (Å²) in [7, 11) is 1.62. The number of para-hydroxylation sites is 2. The molecule has 1 amide bonds. The lowest BCUT2D eigenvalue weighted by molar-refractivity contribution is -0.120. The van der Waals surface area contributed by atoms with Crippen LogP contribution in [0.2, 0.25) is 0 Å². The van der Waals surface area contributed by atoms with E-state index in [2.05, 4.69) is 35.4 Å². The van der Waals surface area contributed by atoms with Crippen LogP contribution in [0.25, 0.3) is 10.9 Å². The van der Waals surface area contributed by atoms with Crippen LogP contribution in [0.4, 0.5) is 0 Å². The number of H-pyrrole nitrogens is 1. The number of amides is 1. The van der Waals surface area contributed by atoms with Gasteiger partial charge in [-0.05, 0) is 53.9 Å². The molecule has 0 aliphatic heterocycles. The molecule has 0 spiro atoms. The van der Waals surface area contributed by atoms with Crippen molar-refractivity contribution in [1.29, 1.82) is 0 Å². The number of carbonyl (C=O) groups excluding carboxylic acids is 1. The summed E-state index contributed by atoms with van der Waals surface area (Å²) in [4.78, 5) is 15.6. The third kappa shape index (κ3) is 4.46. The number of hydrogen-bond donors (Lipinski definition) is 2. The molecular weight excluding hydrogens is 376 g/mol. The van der Waals surface area contributed by atoms with E-state index in [0.29, 0.717) is 30.2 Å². The maximum Gasteiger partial charge on any atom is 0.224 e. The topological polar surface area (TPSA) is 63.4 Å². The number of aromatic nitrogens is 1. The Labute approximate surface area is 175 Å². The highest BCUT2D eigenvalue weighted by Gasteiger charge is 2.09. The molecule has 0 unspecified atom stereocenters. The minimum absolute atomic E-state index is 0.00850. The second-order valence-corrected chi connectivity index (χ2v) is 7.21. The van der Waals surface area contributed by atoms with Crippen molar-refractivity contribution in [3.8, 4) is 17.2 Å². The maximum atomic E-state index is 12.4. The molecule has 30 heavy (non-hydrogen) atoms. The number of fused-ring (bicyclic) bond motifs is 1. The molecule has 5 nitrogen and oxygen atoms in total. The first-order chi connectivity index (χ1) is 14.6. The van der Waals surface area contributed by atoms with Crippen LogP contribution in [-0.2, 0) is 17.8 Å². The van der Waals surface area contributed by atoms with Crippen molar-refractivity contribution < 1.29 is 14.3 Å². The van der Waals surface area contributed by atoms with Gasteiger partial charge in [0.25, 0.3) is 0 Å². The monoisotopic (exact) mass is 400 g/mol. The van der Waals surface area contributed by atoms with E-state index in [-0.39, 0.29) is 5.91 Å².